The molecule has 0 aliphatic carbocycles. The van der Waals surface area contributed by atoms with Crippen LogP contribution in [0.3, 0.4) is 0 Å². The molecule has 2 nitrogen and oxygen atoms in total. The summed E-state index contributed by atoms with van der Waals surface area (Å²) in [6.45, 7) is 6.19. The van der Waals surface area contributed by atoms with E-state index in [0.29, 0.717) is 12.4 Å². The third-order valence-corrected chi connectivity index (χ3v) is 2.70. The first-order valence-corrected chi connectivity index (χ1v) is 5.47. The number of carbonyl (C=O) groups excluding carboxylic acids is 1. The zero-order valence-electron chi connectivity index (χ0n) is 9.36. The van der Waals surface area contributed by atoms with Crippen molar-refractivity contribution in [2.24, 2.45) is 0 Å². The predicted molar refractivity (Wildman–Crippen MR) is 63.0 cm³/mol. The summed E-state index contributed by atoms with van der Waals surface area (Å²) in [5, 5.41) is 2.78. The Morgan fingerprint density at radius 1 is 1.33 bits per heavy atom. The van der Waals surface area contributed by atoms with Gasteiger partial charge in [0.25, 0.3) is 0 Å². The fourth-order valence-corrected chi connectivity index (χ4v) is 2.04. The Labute approximate surface area is 95.6 Å². The molecular formula is C12H16ClNO. The van der Waals surface area contributed by atoms with Crippen LogP contribution in [0.4, 0.5) is 0 Å². The van der Waals surface area contributed by atoms with Crippen LogP contribution in [0.25, 0.3) is 0 Å². The van der Waals surface area contributed by atoms with E-state index in [9.17, 15) is 4.79 Å². The SMILES string of the molecule is CC(=O)NCc1cc(C)c(CCl)c(C)c1. The molecule has 82 valence electrons. The number of carbonyl (C=O) groups is 1. The summed E-state index contributed by atoms with van der Waals surface area (Å²) in [6.07, 6.45) is 0. The summed E-state index contributed by atoms with van der Waals surface area (Å²) in [5.41, 5.74) is 4.67. The van der Waals surface area contributed by atoms with Gasteiger partial charge in [0.1, 0.15) is 0 Å². The van der Waals surface area contributed by atoms with Gasteiger partial charge < -0.3 is 5.32 Å². The smallest absolute Gasteiger partial charge is 0.217 e. The summed E-state index contributed by atoms with van der Waals surface area (Å²) < 4.78 is 0. The normalized spacial score (nSPS) is 10.1. The third kappa shape index (κ3) is 3.24. The van der Waals surface area contributed by atoms with Crippen LogP contribution in [0.2, 0.25) is 0 Å². The zero-order chi connectivity index (χ0) is 11.4. The van der Waals surface area contributed by atoms with Crippen LogP contribution in [-0.4, -0.2) is 5.91 Å². The van der Waals surface area contributed by atoms with Crippen LogP contribution in [0, 0.1) is 13.8 Å². The van der Waals surface area contributed by atoms with E-state index >= 15 is 0 Å². The molecule has 0 atom stereocenters. The molecule has 0 bridgehead atoms. The lowest BCUT2D eigenvalue weighted by atomic mass is 10.0. The van der Waals surface area contributed by atoms with Crippen molar-refractivity contribution in [3.8, 4) is 0 Å². The van der Waals surface area contributed by atoms with E-state index in [1.807, 2.05) is 13.8 Å². The monoisotopic (exact) mass is 225 g/mol. The maximum Gasteiger partial charge on any atom is 0.217 e. The summed E-state index contributed by atoms with van der Waals surface area (Å²) in [5.74, 6) is 0.532. The average molecular weight is 226 g/mol. The quantitative estimate of drug-likeness (QED) is 0.788. The standard InChI is InChI=1S/C12H16ClNO/c1-8-4-11(7-14-10(3)15)5-9(2)12(8)6-13/h4-5H,6-7H2,1-3H3,(H,14,15). The number of alkyl halides is 1. The molecule has 1 aromatic rings. The van der Waals surface area contributed by atoms with E-state index in [1.54, 1.807) is 0 Å². The number of hydrogen-bond donors (Lipinski definition) is 1. The Bertz CT molecular complexity index is 351. The molecule has 1 N–H and O–H groups in total. The van der Waals surface area contributed by atoms with Gasteiger partial charge in [-0.2, -0.15) is 0 Å². The Hall–Kier alpha value is -1.02. The van der Waals surface area contributed by atoms with Crippen molar-refractivity contribution in [2.75, 3.05) is 0 Å². The lowest BCUT2D eigenvalue weighted by molar-refractivity contribution is -0.119. The minimum absolute atomic E-state index is 0.00766. The van der Waals surface area contributed by atoms with Crippen LogP contribution < -0.4 is 5.32 Å². The maximum atomic E-state index is 10.8. The van der Waals surface area contributed by atoms with Gasteiger partial charge in [-0.25, -0.2) is 0 Å². The molecule has 1 aromatic carbocycles. The summed E-state index contributed by atoms with van der Waals surface area (Å²) in [7, 11) is 0. The molecular weight excluding hydrogens is 210 g/mol. The van der Waals surface area contributed by atoms with Crippen molar-refractivity contribution >= 4 is 17.5 Å². The molecule has 0 aromatic heterocycles. The maximum absolute atomic E-state index is 10.8. The number of nitrogens with one attached hydrogen (secondary N) is 1. The second-order valence-electron chi connectivity index (χ2n) is 3.75. The second-order valence-corrected chi connectivity index (χ2v) is 4.02. The Kier molecular flexibility index (Phi) is 4.15. The molecule has 15 heavy (non-hydrogen) atoms. The lowest BCUT2D eigenvalue weighted by Crippen LogP contribution is -2.19. The fraction of sp³-hybridized carbons (Fsp3) is 0.417. The fourth-order valence-electron chi connectivity index (χ4n) is 1.62. The van der Waals surface area contributed by atoms with Crippen LogP contribution in [0.15, 0.2) is 12.1 Å². The van der Waals surface area contributed by atoms with E-state index < -0.39 is 0 Å². The van der Waals surface area contributed by atoms with Gasteiger partial charge in [0, 0.05) is 19.3 Å². The minimum atomic E-state index is -0.00766. The largest absolute Gasteiger partial charge is 0.352 e. The van der Waals surface area contributed by atoms with E-state index in [-0.39, 0.29) is 5.91 Å². The first-order chi connectivity index (χ1) is 7.04. The van der Waals surface area contributed by atoms with Crippen molar-refractivity contribution in [2.45, 2.75) is 33.2 Å². The number of amides is 1. The van der Waals surface area contributed by atoms with Crippen molar-refractivity contribution in [3.63, 3.8) is 0 Å². The Morgan fingerprint density at radius 3 is 2.27 bits per heavy atom. The molecule has 0 fully saturated rings. The van der Waals surface area contributed by atoms with E-state index in [2.05, 4.69) is 17.4 Å². The highest BCUT2D eigenvalue weighted by molar-refractivity contribution is 6.17. The van der Waals surface area contributed by atoms with Crippen LogP contribution in [0.1, 0.15) is 29.2 Å². The second kappa shape index (κ2) is 5.17. The van der Waals surface area contributed by atoms with E-state index in [4.69, 9.17) is 11.6 Å². The van der Waals surface area contributed by atoms with Gasteiger partial charge in [0.05, 0.1) is 0 Å². The average Bonchev–Trinajstić information content (AvgIpc) is 2.14. The number of halogens is 1. The van der Waals surface area contributed by atoms with E-state index in [0.717, 1.165) is 5.56 Å². The molecule has 0 aliphatic heterocycles. The molecule has 0 aliphatic rings. The Morgan fingerprint density at radius 2 is 1.87 bits per heavy atom. The van der Waals surface area contributed by atoms with Gasteiger partial charge in [-0.15, -0.1) is 11.6 Å². The van der Waals surface area contributed by atoms with Gasteiger partial charge in [-0.1, -0.05) is 12.1 Å². The number of aryl methyl sites for hydroxylation is 2. The topological polar surface area (TPSA) is 29.1 Å². The van der Waals surface area contributed by atoms with Crippen molar-refractivity contribution in [1.82, 2.24) is 5.32 Å². The first-order valence-electron chi connectivity index (χ1n) is 4.94. The highest BCUT2D eigenvalue weighted by Gasteiger charge is 2.04. The number of benzene rings is 1. The van der Waals surface area contributed by atoms with Crippen LogP contribution in [0.5, 0.6) is 0 Å². The van der Waals surface area contributed by atoms with Crippen LogP contribution >= 0.6 is 11.6 Å². The van der Waals surface area contributed by atoms with Gasteiger partial charge in [0.15, 0.2) is 0 Å². The zero-order valence-corrected chi connectivity index (χ0v) is 10.1. The summed E-state index contributed by atoms with van der Waals surface area (Å²) in [6, 6.07) is 4.14. The molecule has 1 rings (SSSR count). The number of rotatable bonds is 3. The van der Waals surface area contributed by atoms with E-state index in [1.165, 1.54) is 23.6 Å². The van der Waals surface area contributed by atoms with Crippen molar-refractivity contribution in [1.29, 1.82) is 0 Å². The molecule has 0 spiro atoms. The highest BCUT2D eigenvalue weighted by Crippen LogP contribution is 2.18. The lowest BCUT2D eigenvalue weighted by Gasteiger charge is -2.10. The molecule has 0 saturated heterocycles. The van der Waals surface area contributed by atoms with Gasteiger partial charge in [0.2, 0.25) is 5.91 Å². The van der Waals surface area contributed by atoms with Gasteiger partial charge in [-0.05, 0) is 36.1 Å². The number of hydrogen-bond acceptors (Lipinski definition) is 1. The first kappa shape index (κ1) is 12.1. The predicted octanol–water partition coefficient (Wildman–Crippen LogP) is 2.68. The molecule has 0 saturated carbocycles. The highest BCUT2D eigenvalue weighted by atomic mass is 35.5. The summed E-state index contributed by atoms with van der Waals surface area (Å²) in [4.78, 5) is 10.8. The van der Waals surface area contributed by atoms with Gasteiger partial charge >= 0.3 is 0 Å². The molecule has 3 heteroatoms. The molecule has 0 heterocycles. The molecule has 0 radical (unpaired) electrons. The van der Waals surface area contributed by atoms with Crippen molar-refractivity contribution < 1.29 is 4.79 Å². The molecule has 0 unspecified atom stereocenters. The summed E-state index contributed by atoms with van der Waals surface area (Å²) >= 11 is 5.85. The van der Waals surface area contributed by atoms with Crippen LogP contribution in [-0.2, 0) is 17.2 Å². The third-order valence-electron chi connectivity index (χ3n) is 2.43. The van der Waals surface area contributed by atoms with Gasteiger partial charge in [-0.3, -0.25) is 4.79 Å². The minimum Gasteiger partial charge on any atom is -0.352 e. The molecule has 1 amide bonds. The Balaban J connectivity index is 2.88. The van der Waals surface area contributed by atoms with Crippen molar-refractivity contribution in [3.05, 3.63) is 34.4 Å².